The van der Waals surface area contributed by atoms with Crippen molar-refractivity contribution in [2.24, 2.45) is 0 Å². The summed E-state index contributed by atoms with van der Waals surface area (Å²) in [5.74, 6) is 0. The Morgan fingerprint density at radius 1 is 0.625 bits per heavy atom. The van der Waals surface area contributed by atoms with Crippen LogP contribution in [0.25, 0.3) is 0 Å². The van der Waals surface area contributed by atoms with Crippen molar-refractivity contribution in [3.63, 3.8) is 0 Å². The van der Waals surface area contributed by atoms with Crippen LogP contribution in [0.15, 0.2) is 0 Å². The van der Waals surface area contributed by atoms with Crippen LogP contribution in [-0.4, -0.2) is 20.4 Å². The van der Waals surface area contributed by atoms with Gasteiger partial charge in [0.05, 0.1) is 0 Å². The van der Waals surface area contributed by atoms with Crippen molar-refractivity contribution in [1.82, 2.24) is 0 Å². The summed E-state index contributed by atoms with van der Waals surface area (Å²) in [4.78, 5) is 22.5. The molecule has 0 aromatic rings. The summed E-state index contributed by atoms with van der Waals surface area (Å²) in [6.45, 7) is 13.5. The van der Waals surface area contributed by atoms with Crippen molar-refractivity contribution in [1.29, 1.82) is 0 Å². The van der Waals surface area contributed by atoms with Gasteiger partial charge in [0.25, 0.3) is 0 Å². The Morgan fingerprint density at radius 2 is 0.625 bits per heavy atom. The zero-order valence-electron chi connectivity index (χ0n) is 4.13. The summed E-state index contributed by atoms with van der Waals surface area (Å²) in [5, 5.41) is 0. The maximum atomic E-state index is 7.50. The van der Waals surface area contributed by atoms with Crippen molar-refractivity contribution in [3.8, 4) is 0 Å². The van der Waals surface area contributed by atoms with E-state index in [2.05, 4.69) is 20.4 Å². The Labute approximate surface area is 63.7 Å². The first kappa shape index (κ1) is 47.4. The van der Waals surface area contributed by atoms with E-state index < -0.39 is 0 Å². The van der Waals surface area contributed by atoms with Crippen molar-refractivity contribution < 1.29 is 35.4 Å². The van der Waals surface area contributed by atoms with Gasteiger partial charge in [0.2, 0.25) is 0 Å². The van der Waals surface area contributed by atoms with E-state index in [-0.39, 0.29) is 28.5 Å². The average molecular weight is 283 g/mol. The Balaban J connectivity index is -0.00000000500. The fourth-order valence-corrected chi connectivity index (χ4v) is 0. The zero-order chi connectivity index (χ0) is 6.00. The molecule has 3 nitrogen and oxygen atoms in total. The number of carbonyl (C=O) groups excluding carboxylic acids is 3. The van der Waals surface area contributed by atoms with Gasteiger partial charge in [-0.25, -0.2) is 0 Å². The monoisotopic (exact) mass is 283 g/mol. The smallest absolute Gasteiger partial charge is 0 e. The summed E-state index contributed by atoms with van der Waals surface area (Å²) in [5.41, 5.74) is 0. The normalized spacial score (nSPS) is 1.50. The van der Waals surface area contributed by atoms with Crippen LogP contribution in [0, 0.1) is 7.43 Å². The topological polar surface area (TPSA) is 51.2 Å². The molecule has 0 amide bonds. The second-order valence-corrected chi connectivity index (χ2v) is 0. The molecule has 0 fully saturated rings. The SMILES string of the molecule is [C-]=O.[C-]=O.[C-]=O.[CH3-].[W]. The second-order valence-electron chi connectivity index (χ2n) is 0. The average Bonchev–Trinajstić information content (AvgIpc) is 1.81. The van der Waals surface area contributed by atoms with E-state index in [0.29, 0.717) is 0 Å². The van der Waals surface area contributed by atoms with Gasteiger partial charge < -0.3 is 42.2 Å². The quantitative estimate of drug-likeness (QED) is 0.550. The van der Waals surface area contributed by atoms with Crippen LogP contribution < -0.4 is 0 Å². The fourth-order valence-electron chi connectivity index (χ4n) is 0. The summed E-state index contributed by atoms with van der Waals surface area (Å²) in [6, 6.07) is 0. The molecule has 0 aliphatic carbocycles. The summed E-state index contributed by atoms with van der Waals surface area (Å²) in [6.07, 6.45) is 0. The molecule has 0 N–H and O–H groups in total. The first-order valence-corrected chi connectivity index (χ1v) is 0.612. The van der Waals surface area contributed by atoms with Gasteiger partial charge in [-0.05, 0) is 0 Å². The zero-order valence-corrected chi connectivity index (χ0v) is 7.07. The number of hydrogen-bond donors (Lipinski definition) is 0. The molecule has 0 saturated carbocycles. The standard InChI is InChI=1S/3CO.CH3.W/c3*1-2;;/h;;;1H3;/q4*-1;. The molecule has 0 rings (SSSR count). The number of hydrogen-bond acceptors (Lipinski definition) is 3. The van der Waals surface area contributed by atoms with Crippen LogP contribution in [0.1, 0.15) is 0 Å². The van der Waals surface area contributed by atoms with Gasteiger partial charge >= 0.3 is 0 Å². The first-order chi connectivity index (χ1) is 3.00. The largest absolute Gasteiger partial charge is 0.573 e. The molecule has 0 atom stereocenters. The molecule has 0 aromatic heterocycles. The maximum absolute atomic E-state index is 7.50. The molecular formula is C4H3O3W-4. The molecule has 4 heteroatoms. The Morgan fingerprint density at radius 3 is 0.625 bits per heavy atom. The molecule has 0 bridgehead atoms. The van der Waals surface area contributed by atoms with E-state index in [1.54, 1.807) is 0 Å². The van der Waals surface area contributed by atoms with Gasteiger partial charge in [-0.15, -0.1) is 0 Å². The maximum Gasteiger partial charge on any atom is 0 e. The van der Waals surface area contributed by atoms with Crippen molar-refractivity contribution >= 4 is 20.4 Å². The molecule has 0 aromatic carbocycles. The third-order valence-corrected chi connectivity index (χ3v) is 0. The van der Waals surface area contributed by atoms with Gasteiger partial charge in [-0.1, -0.05) is 0 Å². The minimum absolute atomic E-state index is 0. The van der Waals surface area contributed by atoms with Gasteiger partial charge in [0.15, 0.2) is 0 Å². The van der Waals surface area contributed by atoms with Gasteiger partial charge in [-0.2, -0.15) is 0 Å². The van der Waals surface area contributed by atoms with Crippen LogP contribution in [-0.2, 0) is 35.4 Å². The van der Waals surface area contributed by atoms with E-state index in [9.17, 15) is 0 Å². The van der Waals surface area contributed by atoms with Crippen molar-refractivity contribution in [2.75, 3.05) is 0 Å². The van der Waals surface area contributed by atoms with Crippen molar-refractivity contribution in [2.45, 2.75) is 0 Å². The van der Waals surface area contributed by atoms with E-state index in [1.807, 2.05) is 0 Å². The molecule has 8 heavy (non-hydrogen) atoms. The second kappa shape index (κ2) is 2390. The summed E-state index contributed by atoms with van der Waals surface area (Å²) in [7, 11) is 0. The van der Waals surface area contributed by atoms with Crippen LogP contribution in [0.4, 0.5) is 0 Å². The van der Waals surface area contributed by atoms with Gasteiger partial charge in [-0.3, -0.25) is 0 Å². The predicted molar refractivity (Wildman–Crippen MR) is 23.5 cm³/mol. The van der Waals surface area contributed by atoms with Crippen LogP contribution in [0.2, 0.25) is 0 Å². The van der Waals surface area contributed by atoms with Crippen molar-refractivity contribution in [3.05, 3.63) is 7.43 Å². The van der Waals surface area contributed by atoms with E-state index in [4.69, 9.17) is 14.4 Å². The third kappa shape index (κ3) is 1380. The van der Waals surface area contributed by atoms with Crippen LogP contribution >= 0.6 is 0 Å². The van der Waals surface area contributed by atoms with E-state index in [1.165, 1.54) is 0 Å². The summed E-state index contributed by atoms with van der Waals surface area (Å²) >= 11 is 0. The molecular weight excluding hydrogens is 280 g/mol. The van der Waals surface area contributed by atoms with Crippen LogP contribution in [0.5, 0.6) is 0 Å². The minimum Gasteiger partial charge on any atom is -0.573 e. The molecule has 47 valence electrons. The third-order valence-electron chi connectivity index (χ3n) is 0. The Kier molecular flexibility index (Phi) is 14200. The summed E-state index contributed by atoms with van der Waals surface area (Å²) < 4.78 is 0. The van der Waals surface area contributed by atoms with E-state index >= 15 is 0 Å². The van der Waals surface area contributed by atoms with Crippen LogP contribution in [0.3, 0.4) is 0 Å². The van der Waals surface area contributed by atoms with Gasteiger partial charge in [0.1, 0.15) is 0 Å². The Hall–Kier alpha value is -0.302. The molecule has 0 aliphatic heterocycles. The fraction of sp³-hybridized carbons (Fsp3) is 0. The minimum atomic E-state index is 0. The molecule has 3 radical (unpaired) electrons. The van der Waals surface area contributed by atoms with E-state index in [0.717, 1.165) is 0 Å². The molecule has 0 saturated heterocycles. The predicted octanol–water partition coefficient (Wildman–Crippen LogP) is -0.744. The molecule has 0 spiro atoms. The molecule has 0 unspecified atom stereocenters. The Bertz CT molecular complexity index is 16.0. The molecule has 0 aliphatic rings. The molecule has 0 heterocycles. The van der Waals surface area contributed by atoms with Gasteiger partial charge in [0, 0.05) is 21.1 Å². The number of rotatable bonds is 0. The first-order valence-electron chi connectivity index (χ1n) is 0.612.